The van der Waals surface area contributed by atoms with Gasteiger partial charge in [0.15, 0.2) is 0 Å². The summed E-state index contributed by atoms with van der Waals surface area (Å²) in [6.45, 7) is 0. The van der Waals surface area contributed by atoms with Crippen molar-refractivity contribution < 1.29 is 4.39 Å². The van der Waals surface area contributed by atoms with Crippen molar-refractivity contribution in [2.45, 2.75) is 6.42 Å². The Kier molecular flexibility index (Phi) is 2.68. The Morgan fingerprint density at radius 3 is 2.12 bits per heavy atom. The molecule has 0 saturated carbocycles. The third kappa shape index (κ3) is 2.08. The summed E-state index contributed by atoms with van der Waals surface area (Å²) in [7, 11) is 0. The molecule has 0 aliphatic heterocycles. The van der Waals surface area contributed by atoms with Crippen molar-refractivity contribution in [3.8, 4) is 0 Å². The lowest BCUT2D eigenvalue weighted by Crippen LogP contribution is -2.05. The van der Waals surface area contributed by atoms with Gasteiger partial charge in [0, 0.05) is 12.0 Å². The van der Waals surface area contributed by atoms with Crippen molar-refractivity contribution in [2.75, 3.05) is 11.5 Å². The molecule has 0 fully saturated rings. The highest BCUT2D eigenvalue weighted by Crippen LogP contribution is 2.18. The minimum absolute atomic E-state index is 0.269. The number of rotatable bonds is 2. The molecule has 1 heterocycles. The Morgan fingerprint density at radius 1 is 1.00 bits per heavy atom. The van der Waals surface area contributed by atoms with E-state index < -0.39 is 0 Å². The molecule has 1 aromatic heterocycles. The number of aromatic nitrogens is 2. The predicted octanol–water partition coefficient (Wildman–Crippen LogP) is 1.37. The van der Waals surface area contributed by atoms with Crippen LogP contribution in [-0.2, 0) is 6.42 Å². The highest BCUT2D eigenvalue weighted by Gasteiger charge is 2.07. The highest BCUT2D eigenvalue weighted by molar-refractivity contribution is 5.54. The first kappa shape index (κ1) is 10.4. The molecule has 0 atom stereocenters. The topological polar surface area (TPSA) is 77.8 Å². The lowest BCUT2D eigenvalue weighted by molar-refractivity contribution is 0.627. The maximum Gasteiger partial charge on any atom is 0.132 e. The first-order valence-electron chi connectivity index (χ1n) is 4.76. The van der Waals surface area contributed by atoms with E-state index in [4.69, 9.17) is 11.5 Å². The highest BCUT2D eigenvalue weighted by atomic mass is 19.1. The minimum Gasteiger partial charge on any atom is -0.383 e. The van der Waals surface area contributed by atoms with Crippen LogP contribution in [0.25, 0.3) is 0 Å². The molecule has 0 saturated heterocycles. The number of nitrogen functional groups attached to an aromatic ring is 2. The van der Waals surface area contributed by atoms with Crippen molar-refractivity contribution in [3.05, 3.63) is 47.5 Å². The average molecular weight is 218 g/mol. The van der Waals surface area contributed by atoms with Gasteiger partial charge in [-0.05, 0) is 17.7 Å². The number of nitrogens with zero attached hydrogens (tertiary/aromatic N) is 2. The van der Waals surface area contributed by atoms with E-state index in [-0.39, 0.29) is 5.82 Å². The number of benzene rings is 1. The summed E-state index contributed by atoms with van der Waals surface area (Å²) in [6, 6.07) is 6.15. The third-order valence-corrected chi connectivity index (χ3v) is 2.31. The Hall–Kier alpha value is -2.17. The monoisotopic (exact) mass is 218 g/mol. The number of nitrogens with two attached hydrogens (primary N) is 2. The molecule has 0 bridgehead atoms. The summed E-state index contributed by atoms with van der Waals surface area (Å²) >= 11 is 0. The molecule has 0 aliphatic carbocycles. The van der Waals surface area contributed by atoms with Gasteiger partial charge in [0.05, 0.1) is 0 Å². The largest absolute Gasteiger partial charge is 0.383 e. The van der Waals surface area contributed by atoms with Gasteiger partial charge in [-0.3, -0.25) is 0 Å². The number of hydrogen-bond donors (Lipinski definition) is 2. The zero-order chi connectivity index (χ0) is 11.5. The van der Waals surface area contributed by atoms with Gasteiger partial charge < -0.3 is 11.5 Å². The Balaban J connectivity index is 2.30. The van der Waals surface area contributed by atoms with Crippen LogP contribution in [0.1, 0.15) is 11.1 Å². The zero-order valence-electron chi connectivity index (χ0n) is 8.52. The fourth-order valence-electron chi connectivity index (χ4n) is 1.43. The van der Waals surface area contributed by atoms with E-state index >= 15 is 0 Å². The van der Waals surface area contributed by atoms with Crippen LogP contribution in [0, 0.1) is 5.82 Å². The molecule has 2 aromatic rings. The first-order chi connectivity index (χ1) is 7.66. The van der Waals surface area contributed by atoms with Crippen molar-refractivity contribution in [2.24, 2.45) is 0 Å². The Morgan fingerprint density at radius 2 is 1.56 bits per heavy atom. The van der Waals surface area contributed by atoms with E-state index in [1.54, 1.807) is 12.1 Å². The van der Waals surface area contributed by atoms with Gasteiger partial charge in [-0.15, -0.1) is 0 Å². The Labute approximate surface area is 92.1 Å². The van der Waals surface area contributed by atoms with Gasteiger partial charge in [0.1, 0.15) is 23.8 Å². The second-order valence-corrected chi connectivity index (χ2v) is 3.43. The molecule has 5 heteroatoms. The summed E-state index contributed by atoms with van der Waals surface area (Å²) in [5, 5.41) is 0. The average Bonchev–Trinajstić information content (AvgIpc) is 2.26. The molecule has 16 heavy (non-hydrogen) atoms. The second kappa shape index (κ2) is 4.14. The molecule has 0 radical (unpaired) electrons. The van der Waals surface area contributed by atoms with E-state index in [2.05, 4.69) is 9.97 Å². The summed E-state index contributed by atoms with van der Waals surface area (Å²) < 4.78 is 12.7. The molecule has 82 valence electrons. The SMILES string of the molecule is Nc1ncnc(N)c1Cc1ccc(F)cc1. The molecule has 0 spiro atoms. The lowest BCUT2D eigenvalue weighted by Gasteiger charge is -2.06. The fourth-order valence-corrected chi connectivity index (χ4v) is 1.43. The maximum absolute atomic E-state index is 12.7. The van der Waals surface area contributed by atoms with Crippen molar-refractivity contribution >= 4 is 11.6 Å². The number of halogens is 1. The third-order valence-electron chi connectivity index (χ3n) is 2.31. The zero-order valence-corrected chi connectivity index (χ0v) is 8.52. The fraction of sp³-hybridized carbons (Fsp3) is 0.0909. The summed E-state index contributed by atoms with van der Waals surface area (Å²) in [5.74, 6) is 0.447. The second-order valence-electron chi connectivity index (χ2n) is 3.43. The number of anilines is 2. The van der Waals surface area contributed by atoms with Gasteiger partial charge >= 0.3 is 0 Å². The molecule has 2 rings (SSSR count). The van der Waals surface area contributed by atoms with Gasteiger partial charge in [-0.1, -0.05) is 12.1 Å². The summed E-state index contributed by atoms with van der Waals surface area (Å²) in [5.41, 5.74) is 13.0. The van der Waals surface area contributed by atoms with Gasteiger partial charge in [-0.25, -0.2) is 14.4 Å². The molecule has 1 aromatic carbocycles. The Bertz CT molecular complexity index is 476. The van der Waals surface area contributed by atoms with E-state index in [1.165, 1.54) is 18.5 Å². The van der Waals surface area contributed by atoms with E-state index in [1.807, 2.05) is 0 Å². The van der Waals surface area contributed by atoms with Gasteiger partial charge in [-0.2, -0.15) is 0 Å². The van der Waals surface area contributed by atoms with E-state index in [0.717, 1.165) is 5.56 Å². The first-order valence-corrected chi connectivity index (χ1v) is 4.76. The van der Waals surface area contributed by atoms with E-state index in [9.17, 15) is 4.39 Å². The van der Waals surface area contributed by atoms with Crippen LogP contribution < -0.4 is 11.5 Å². The van der Waals surface area contributed by atoms with Crippen LogP contribution in [-0.4, -0.2) is 9.97 Å². The van der Waals surface area contributed by atoms with Crippen molar-refractivity contribution in [1.29, 1.82) is 0 Å². The van der Waals surface area contributed by atoms with Crippen molar-refractivity contribution in [3.63, 3.8) is 0 Å². The molecule has 0 amide bonds. The maximum atomic E-state index is 12.7. The van der Waals surface area contributed by atoms with Crippen LogP contribution in [0.3, 0.4) is 0 Å². The summed E-state index contributed by atoms with van der Waals surface area (Å²) in [6.07, 6.45) is 1.82. The van der Waals surface area contributed by atoms with E-state index in [0.29, 0.717) is 23.6 Å². The van der Waals surface area contributed by atoms with Crippen LogP contribution in [0.15, 0.2) is 30.6 Å². The molecular weight excluding hydrogens is 207 g/mol. The van der Waals surface area contributed by atoms with Crippen LogP contribution in [0.4, 0.5) is 16.0 Å². The molecule has 0 unspecified atom stereocenters. The smallest absolute Gasteiger partial charge is 0.132 e. The van der Waals surface area contributed by atoms with Gasteiger partial charge in [0.25, 0.3) is 0 Å². The van der Waals surface area contributed by atoms with Gasteiger partial charge in [0.2, 0.25) is 0 Å². The summed E-state index contributed by atoms with van der Waals surface area (Å²) in [4.78, 5) is 7.73. The predicted molar refractivity (Wildman–Crippen MR) is 60.1 cm³/mol. The number of hydrogen-bond acceptors (Lipinski definition) is 4. The van der Waals surface area contributed by atoms with Crippen LogP contribution in [0.2, 0.25) is 0 Å². The van der Waals surface area contributed by atoms with Crippen molar-refractivity contribution in [1.82, 2.24) is 9.97 Å². The normalized spacial score (nSPS) is 10.3. The van der Waals surface area contributed by atoms with Crippen LogP contribution in [0.5, 0.6) is 0 Å². The molecular formula is C11H11FN4. The standard InChI is InChI=1S/C11H11FN4/c12-8-3-1-7(2-4-8)5-9-10(13)15-6-16-11(9)14/h1-4,6H,5H2,(H4,13,14,15,16). The lowest BCUT2D eigenvalue weighted by atomic mass is 10.1. The molecule has 0 aliphatic rings. The molecule has 4 nitrogen and oxygen atoms in total. The van der Waals surface area contributed by atoms with Crippen LogP contribution >= 0.6 is 0 Å². The molecule has 4 N–H and O–H groups in total. The minimum atomic E-state index is -0.269. The quantitative estimate of drug-likeness (QED) is 0.798.